The molecule has 2 amide bonds. The SMILES string of the molecule is COc1ccc(N)c(F)c1.COc1ccc(NC(=O)c2c[nH]c3c2C(=O)CCCC3)c(F)c1.COc1ccc(NC(=O)c2coc3c2C(=O)CCCC3)c(F)c1.O=C(O)c1coc2c1C(=O)CCCC2.O=C1CCCCC(=O)C1. The average molecular weight is 1100 g/mol. The van der Waals surface area contributed by atoms with Crippen molar-refractivity contribution in [3.8, 4) is 17.2 Å². The number of carboxylic acids is 1. The normalized spacial score (nSPS) is 14.7. The summed E-state index contributed by atoms with van der Waals surface area (Å²) >= 11 is 0. The van der Waals surface area contributed by atoms with Crippen molar-refractivity contribution < 1.29 is 79.7 Å². The van der Waals surface area contributed by atoms with Gasteiger partial charge in [0.1, 0.15) is 75.9 Å². The molecule has 0 atom stereocenters. The number of H-pyrrole nitrogens is 1. The fourth-order valence-corrected chi connectivity index (χ4v) is 8.87. The van der Waals surface area contributed by atoms with Gasteiger partial charge < -0.3 is 49.5 Å². The summed E-state index contributed by atoms with van der Waals surface area (Å²) in [5.41, 5.74) is 7.69. The number of aryl methyl sites for hydroxylation is 3. The van der Waals surface area contributed by atoms with Gasteiger partial charge in [-0.05, 0) is 94.2 Å². The molecule has 4 aliphatic carbocycles. The van der Waals surface area contributed by atoms with Gasteiger partial charge in [0, 0.05) is 75.0 Å². The summed E-state index contributed by atoms with van der Waals surface area (Å²) in [5.74, 6) is -1.54. The zero-order valence-electron chi connectivity index (χ0n) is 43.9. The van der Waals surface area contributed by atoms with Crippen LogP contribution in [0.3, 0.4) is 0 Å². The Balaban J connectivity index is 0.000000168. The Bertz CT molecular complexity index is 3060. The topological polar surface area (TPSA) is 277 Å². The van der Waals surface area contributed by atoms with Crippen LogP contribution >= 0.6 is 0 Å². The summed E-state index contributed by atoms with van der Waals surface area (Å²) in [7, 11) is 4.35. The largest absolute Gasteiger partial charge is 0.497 e. The molecule has 18 nitrogen and oxygen atoms in total. The van der Waals surface area contributed by atoms with Crippen molar-refractivity contribution in [2.75, 3.05) is 37.7 Å². The number of ether oxygens (including phenoxy) is 3. The maximum atomic E-state index is 14.0. The number of rotatable bonds is 8. The molecule has 4 aliphatic rings. The first-order chi connectivity index (χ1) is 37.9. The maximum absolute atomic E-state index is 14.0. The summed E-state index contributed by atoms with van der Waals surface area (Å²) in [4.78, 5) is 95.9. The number of furan rings is 2. The first-order valence-electron chi connectivity index (χ1n) is 25.6. The molecule has 1 saturated carbocycles. The third-order valence-corrected chi connectivity index (χ3v) is 13.1. The highest BCUT2D eigenvalue weighted by Gasteiger charge is 2.29. The highest BCUT2D eigenvalue weighted by molar-refractivity contribution is 6.14. The number of halogens is 3. The van der Waals surface area contributed by atoms with Crippen LogP contribution in [0.4, 0.5) is 30.2 Å². The van der Waals surface area contributed by atoms with Gasteiger partial charge in [0.2, 0.25) is 0 Å². The molecular weight excluding hydrogens is 1030 g/mol. The molecule has 0 spiro atoms. The van der Waals surface area contributed by atoms with Crippen molar-refractivity contribution >= 4 is 63.8 Å². The van der Waals surface area contributed by atoms with Crippen LogP contribution in [0.2, 0.25) is 0 Å². The zero-order chi connectivity index (χ0) is 57.2. The fourth-order valence-electron chi connectivity index (χ4n) is 8.87. The Morgan fingerprint density at radius 1 is 0.532 bits per heavy atom. The van der Waals surface area contributed by atoms with Gasteiger partial charge in [-0.1, -0.05) is 0 Å². The van der Waals surface area contributed by atoms with Gasteiger partial charge in [-0.25, -0.2) is 18.0 Å². The predicted octanol–water partition coefficient (Wildman–Crippen LogP) is 11.3. The monoisotopic (exact) mass is 1090 g/mol. The number of nitrogens with two attached hydrogens (primary N) is 1. The van der Waals surface area contributed by atoms with E-state index in [4.69, 9.17) is 33.9 Å². The van der Waals surface area contributed by atoms with E-state index in [9.17, 15) is 51.5 Å². The minimum absolute atomic E-state index is 0.00639. The van der Waals surface area contributed by atoms with Crippen LogP contribution in [0, 0.1) is 17.5 Å². The number of nitrogens with one attached hydrogen (secondary N) is 3. The zero-order valence-corrected chi connectivity index (χ0v) is 43.9. The van der Waals surface area contributed by atoms with Crippen molar-refractivity contribution in [1.82, 2.24) is 4.98 Å². The van der Waals surface area contributed by atoms with Crippen LogP contribution in [0.25, 0.3) is 0 Å². The number of fused-ring (bicyclic) bond motifs is 3. The quantitative estimate of drug-likeness (QED) is 0.0410. The van der Waals surface area contributed by atoms with Crippen LogP contribution in [0.5, 0.6) is 17.2 Å². The second kappa shape index (κ2) is 28.6. The molecule has 1 fully saturated rings. The van der Waals surface area contributed by atoms with Crippen molar-refractivity contribution in [1.29, 1.82) is 0 Å². The summed E-state index contributed by atoms with van der Waals surface area (Å²) in [6.07, 6.45) is 15.5. The third kappa shape index (κ3) is 16.2. The summed E-state index contributed by atoms with van der Waals surface area (Å²) < 4.78 is 65.5. The maximum Gasteiger partial charge on any atom is 0.339 e. The van der Waals surface area contributed by atoms with E-state index in [2.05, 4.69) is 15.6 Å². The van der Waals surface area contributed by atoms with Crippen molar-refractivity contribution in [2.24, 2.45) is 0 Å². The molecule has 21 heteroatoms. The van der Waals surface area contributed by atoms with E-state index in [0.29, 0.717) is 84.8 Å². The Morgan fingerprint density at radius 3 is 1.41 bits per heavy atom. The second-order valence-corrected chi connectivity index (χ2v) is 18.6. The van der Waals surface area contributed by atoms with Gasteiger partial charge in [-0.15, -0.1) is 0 Å². The summed E-state index contributed by atoms with van der Waals surface area (Å²) in [6, 6.07) is 12.6. The molecule has 0 aliphatic heterocycles. The first kappa shape index (κ1) is 59.5. The number of carbonyl (C=O) groups is 8. The smallest absolute Gasteiger partial charge is 0.339 e. The van der Waals surface area contributed by atoms with Crippen molar-refractivity contribution in [3.05, 3.63) is 141 Å². The molecule has 3 heterocycles. The summed E-state index contributed by atoms with van der Waals surface area (Å²) in [6.45, 7) is 0. The minimum atomic E-state index is -1.09. The van der Waals surface area contributed by atoms with Gasteiger partial charge in [0.25, 0.3) is 11.8 Å². The molecule has 10 rings (SSSR count). The number of aromatic amines is 1. The van der Waals surface area contributed by atoms with E-state index in [0.717, 1.165) is 69.7 Å². The van der Waals surface area contributed by atoms with Gasteiger partial charge >= 0.3 is 5.97 Å². The van der Waals surface area contributed by atoms with E-state index in [-0.39, 0.29) is 74.7 Å². The number of methoxy groups -OCH3 is 3. The number of nitrogen functional groups attached to an aromatic ring is 1. The van der Waals surface area contributed by atoms with Crippen molar-refractivity contribution in [3.63, 3.8) is 0 Å². The highest BCUT2D eigenvalue weighted by atomic mass is 19.1. The molecule has 0 unspecified atom stereocenters. The lowest BCUT2D eigenvalue weighted by molar-refractivity contribution is -0.126. The van der Waals surface area contributed by atoms with Crippen LogP contribution < -0.4 is 30.6 Å². The number of ketones is 5. The molecule has 79 heavy (non-hydrogen) atoms. The van der Waals surface area contributed by atoms with Crippen LogP contribution in [0.15, 0.2) is 82.2 Å². The number of carbonyl (C=O) groups excluding carboxylic acids is 7. The van der Waals surface area contributed by atoms with Crippen LogP contribution in [0.1, 0.15) is 169 Å². The van der Waals surface area contributed by atoms with Crippen molar-refractivity contribution in [2.45, 2.75) is 109 Å². The molecule has 6 N–H and O–H groups in total. The number of hydrogen-bond donors (Lipinski definition) is 5. The van der Waals surface area contributed by atoms with E-state index in [1.54, 1.807) is 18.2 Å². The van der Waals surface area contributed by atoms with Gasteiger partial charge in [-0.2, -0.15) is 0 Å². The Morgan fingerprint density at radius 2 is 0.937 bits per heavy atom. The van der Waals surface area contributed by atoms with E-state index < -0.39 is 35.2 Å². The lowest BCUT2D eigenvalue weighted by Gasteiger charge is -2.08. The number of Topliss-reactive ketones (excluding diaryl/α,β-unsaturated/α-hetero) is 5. The first-order valence-corrected chi connectivity index (χ1v) is 25.6. The van der Waals surface area contributed by atoms with E-state index in [1.807, 2.05) is 0 Å². The number of carboxylic acid groups (broad SMARTS) is 1. The number of aromatic nitrogens is 1. The molecular formula is C58H61F3N4O14. The van der Waals surface area contributed by atoms with Crippen LogP contribution in [-0.4, -0.2) is 78.1 Å². The Labute approximate surface area is 452 Å². The Hall–Kier alpha value is -8.75. The third-order valence-electron chi connectivity index (χ3n) is 13.1. The number of anilines is 3. The number of benzene rings is 3. The highest BCUT2D eigenvalue weighted by Crippen LogP contribution is 2.30. The van der Waals surface area contributed by atoms with E-state index >= 15 is 0 Å². The molecule has 3 aromatic heterocycles. The van der Waals surface area contributed by atoms with Gasteiger partial charge in [0.15, 0.2) is 17.3 Å². The van der Waals surface area contributed by atoms with Crippen LogP contribution in [-0.2, 0) is 28.9 Å². The molecule has 6 aromatic rings. The molecule has 0 bridgehead atoms. The fraction of sp³-hybridized carbons (Fsp3) is 0.345. The summed E-state index contributed by atoms with van der Waals surface area (Å²) in [5, 5.41) is 13.8. The molecule has 418 valence electrons. The number of hydrogen-bond acceptors (Lipinski definition) is 14. The van der Waals surface area contributed by atoms with E-state index in [1.165, 1.54) is 70.2 Å². The average Bonchev–Trinajstić information content (AvgIpc) is 4.04. The number of amides is 2. The molecule has 0 radical (unpaired) electrons. The standard InChI is InChI=1S/C17H17FN2O3.C17H16FNO4.C10H10O4.C7H8FNO.C7H10O2/c1-23-10-6-7-13(12(18)8-10)20-17(22)11-9-19-14-4-2-3-5-15(21)16(11)14;1-22-10-6-7-13(12(18)8-10)19-17(21)11-9-23-15-5-3-2-4-14(20)16(11)15;11-7-3-1-2-4-8-9(7)6(5-14-8)10(12)13;1-10-5-2-3-7(9)6(8)4-5;8-6-3-1-2-4-7(9)5-6/h6-9,19H,2-5H2,1H3,(H,20,22);6-9H,2-5H2,1H3,(H,19,21);5H,1-4H2,(H,12,13);2-4H,9H2,1H3;1-5H2. The molecule has 0 saturated heterocycles. The lowest BCUT2D eigenvalue weighted by atomic mass is 10.0. The minimum Gasteiger partial charge on any atom is -0.497 e. The second-order valence-electron chi connectivity index (χ2n) is 18.6. The predicted molar refractivity (Wildman–Crippen MR) is 283 cm³/mol. The lowest BCUT2D eigenvalue weighted by Crippen LogP contribution is -2.16. The van der Waals surface area contributed by atoms with Gasteiger partial charge in [0.05, 0.1) is 72.6 Å². The Kier molecular flexibility index (Phi) is 21.5. The number of aromatic carboxylic acids is 1. The molecule has 3 aromatic carbocycles. The van der Waals surface area contributed by atoms with Gasteiger partial charge in [-0.3, -0.25) is 33.6 Å².